The van der Waals surface area contributed by atoms with Crippen LogP contribution in [0.4, 0.5) is 0 Å². The molecule has 0 amide bonds. The van der Waals surface area contributed by atoms with Gasteiger partial charge in [-0.2, -0.15) is 0 Å². The van der Waals surface area contributed by atoms with Crippen molar-refractivity contribution in [1.82, 2.24) is 0 Å². The molecule has 26 heavy (non-hydrogen) atoms. The van der Waals surface area contributed by atoms with E-state index in [-0.39, 0.29) is 5.41 Å². The molecule has 0 saturated carbocycles. The Kier molecular flexibility index (Phi) is 7.08. The highest BCUT2D eigenvalue weighted by molar-refractivity contribution is 5.44. The Morgan fingerprint density at radius 2 is 1.35 bits per heavy atom. The molecule has 2 aromatic carbocycles. The van der Waals surface area contributed by atoms with Crippen LogP contribution in [-0.4, -0.2) is 13.2 Å². The SMILES string of the molecule is C=CCOc1cccc(C(C)(CC(C)C)c2cccc(OCC=C)c2)c1. The van der Waals surface area contributed by atoms with E-state index >= 15 is 0 Å². The fraction of sp³-hybridized carbons (Fsp3) is 0.333. The maximum atomic E-state index is 5.75. The van der Waals surface area contributed by atoms with E-state index in [9.17, 15) is 0 Å². The average molecular weight is 351 g/mol. The average Bonchev–Trinajstić information content (AvgIpc) is 2.64. The molecule has 0 N–H and O–H groups in total. The highest BCUT2D eigenvalue weighted by Crippen LogP contribution is 2.40. The van der Waals surface area contributed by atoms with Crippen molar-refractivity contribution in [1.29, 1.82) is 0 Å². The second-order valence-corrected chi connectivity index (χ2v) is 7.19. The number of ether oxygens (including phenoxy) is 2. The van der Waals surface area contributed by atoms with Crippen LogP contribution in [0.5, 0.6) is 11.5 Å². The largest absolute Gasteiger partial charge is 0.490 e. The molecule has 0 fully saturated rings. The van der Waals surface area contributed by atoms with Crippen LogP contribution in [0.1, 0.15) is 38.3 Å². The molecule has 0 bridgehead atoms. The Balaban J connectivity index is 2.45. The number of hydrogen-bond donors (Lipinski definition) is 0. The van der Waals surface area contributed by atoms with Crippen LogP contribution in [-0.2, 0) is 5.41 Å². The van der Waals surface area contributed by atoms with Gasteiger partial charge in [-0.3, -0.25) is 0 Å². The first kappa shape index (κ1) is 19.8. The van der Waals surface area contributed by atoms with Crippen molar-refractivity contribution in [3.63, 3.8) is 0 Å². The maximum absolute atomic E-state index is 5.75. The molecule has 0 heterocycles. The summed E-state index contributed by atoms with van der Waals surface area (Å²) in [7, 11) is 0. The lowest BCUT2D eigenvalue weighted by Crippen LogP contribution is -2.26. The molecule has 0 aliphatic heterocycles. The first-order chi connectivity index (χ1) is 12.5. The summed E-state index contributed by atoms with van der Waals surface area (Å²) in [6.07, 6.45) is 4.56. The molecule has 0 saturated heterocycles. The van der Waals surface area contributed by atoms with Gasteiger partial charge in [-0.15, -0.1) is 0 Å². The molecule has 0 aliphatic rings. The molecule has 0 aliphatic carbocycles. The van der Waals surface area contributed by atoms with Crippen LogP contribution in [0.2, 0.25) is 0 Å². The van der Waals surface area contributed by atoms with Gasteiger partial charge in [-0.25, -0.2) is 0 Å². The Morgan fingerprint density at radius 3 is 1.73 bits per heavy atom. The Hall–Kier alpha value is -2.48. The zero-order valence-electron chi connectivity index (χ0n) is 16.2. The monoisotopic (exact) mass is 350 g/mol. The molecule has 0 aromatic heterocycles. The molecule has 2 rings (SSSR count). The van der Waals surface area contributed by atoms with Gasteiger partial charge in [0, 0.05) is 5.41 Å². The number of benzene rings is 2. The molecule has 0 atom stereocenters. The van der Waals surface area contributed by atoms with Gasteiger partial charge in [0.2, 0.25) is 0 Å². The lowest BCUT2D eigenvalue weighted by molar-refractivity contribution is 0.357. The second-order valence-electron chi connectivity index (χ2n) is 7.19. The van der Waals surface area contributed by atoms with E-state index in [0.717, 1.165) is 17.9 Å². The molecule has 0 spiro atoms. The maximum Gasteiger partial charge on any atom is 0.120 e. The lowest BCUT2D eigenvalue weighted by atomic mass is 9.71. The fourth-order valence-corrected chi connectivity index (χ4v) is 3.39. The van der Waals surface area contributed by atoms with E-state index in [1.165, 1.54) is 11.1 Å². The van der Waals surface area contributed by atoms with Crippen molar-refractivity contribution in [2.75, 3.05) is 13.2 Å². The zero-order valence-corrected chi connectivity index (χ0v) is 16.2. The summed E-state index contributed by atoms with van der Waals surface area (Å²) < 4.78 is 11.5. The van der Waals surface area contributed by atoms with Crippen molar-refractivity contribution in [2.45, 2.75) is 32.6 Å². The van der Waals surface area contributed by atoms with Crippen LogP contribution in [0.3, 0.4) is 0 Å². The smallest absolute Gasteiger partial charge is 0.120 e. The summed E-state index contributed by atoms with van der Waals surface area (Å²) in [6.45, 7) is 15.3. The van der Waals surface area contributed by atoms with Gasteiger partial charge in [0.05, 0.1) is 0 Å². The minimum atomic E-state index is -0.130. The van der Waals surface area contributed by atoms with Crippen molar-refractivity contribution < 1.29 is 9.47 Å². The first-order valence-electron chi connectivity index (χ1n) is 9.18. The van der Waals surface area contributed by atoms with Crippen molar-refractivity contribution in [3.05, 3.63) is 85.0 Å². The van der Waals surface area contributed by atoms with E-state index in [0.29, 0.717) is 19.1 Å². The third kappa shape index (κ3) is 5.01. The molecule has 2 nitrogen and oxygen atoms in total. The topological polar surface area (TPSA) is 18.5 Å². The minimum absolute atomic E-state index is 0.130. The predicted octanol–water partition coefficient (Wildman–Crippen LogP) is 6.17. The van der Waals surface area contributed by atoms with Gasteiger partial charge in [-0.1, -0.05) is 70.3 Å². The van der Waals surface area contributed by atoms with Gasteiger partial charge < -0.3 is 9.47 Å². The normalized spacial score (nSPS) is 11.2. The Bertz CT molecular complexity index is 675. The van der Waals surface area contributed by atoms with Crippen LogP contribution in [0, 0.1) is 5.92 Å². The molecule has 138 valence electrons. The molecule has 0 radical (unpaired) electrons. The highest BCUT2D eigenvalue weighted by atomic mass is 16.5. The van der Waals surface area contributed by atoms with Crippen LogP contribution in [0.15, 0.2) is 73.8 Å². The quantitative estimate of drug-likeness (QED) is 0.477. The van der Waals surface area contributed by atoms with E-state index in [4.69, 9.17) is 9.47 Å². The van der Waals surface area contributed by atoms with Crippen LogP contribution < -0.4 is 9.47 Å². The van der Waals surface area contributed by atoms with E-state index < -0.39 is 0 Å². The fourth-order valence-electron chi connectivity index (χ4n) is 3.39. The van der Waals surface area contributed by atoms with E-state index in [1.54, 1.807) is 12.2 Å². The second kappa shape index (κ2) is 9.28. The molecular formula is C24H30O2. The van der Waals surface area contributed by atoms with Gasteiger partial charge in [0.15, 0.2) is 0 Å². The van der Waals surface area contributed by atoms with Gasteiger partial charge >= 0.3 is 0 Å². The van der Waals surface area contributed by atoms with Crippen LogP contribution in [0.25, 0.3) is 0 Å². The summed E-state index contributed by atoms with van der Waals surface area (Å²) in [5.41, 5.74) is 2.36. The zero-order chi connectivity index (χ0) is 19.0. The third-order valence-electron chi connectivity index (χ3n) is 4.49. The summed E-state index contributed by atoms with van der Waals surface area (Å²) >= 11 is 0. The standard InChI is InChI=1S/C24H30O2/c1-6-14-25-22-12-8-10-20(16-22)24(5,18-19(3)4)21-11-9-13-23(17-21)26-15-7-2/h6-13,16-17,19H,1-2,14-15,18H2,3-5H3. The van der Waals surface area contributed by atoms with Gasteiger partial charge in [-0.05, 0) is 47.7 Å². The Morgan fingerprint density at radius 1 is 0.885 bits per heavy atom. The summed E-state index contributed by atoms with van der Waals surface area (Å²) in [4.78, 5) is 0. The summed E-state index contributed by atoms with van der Waals surface area (Å²) in [5, 5.41) is 0. The van der Waals surface area contributed by atoms with E-state index in [1.807, 2.05) is 12.1 Å². The van der Waals surface area contributed by atoms with Crippen molar-refractivity contribution in [3.8, 4) is 11.5 Å². The minimum Gasteiger partial charge on any atom is -0.490 e. The first-order valence-corrected chi connectivity index (χ1v) is 9.18. The van der Waals surface area contributed by atoms with Crippen molar-refractivity contribution in [2.24, 2.45) is 5.92 Å². The highest BCUT2D eigenvalue weighted by Gasteiger charge is 2.30. The third-order valence-corrected chi connectivity index (χ3v) is 4.49. The van der Waals surface area contributed by atoms with Crippen LogP contribution >= 0.6 is 0 Å². The predicted molar refractivity (Wildman–Crippen MR) is 110 cm³/mol. The Labute approximate surface area is 158 Å². The summed E-state index contributed by atoms with van der Waals surface area (Å²) in [6, 6.07) is 16.8. The molecule has 2 aromatic rings. The van der Waals surface area contributed by atoms with E-state index in [2.05, 4.69) is 70.3 Å². The van der Waals surface area contributed by atoms with Crippen molar-refractivity contribution >= 4 is 0 Å². The lowest BCUT2D eigenvalue weighted by Gasteiger charge is -2.33. The van der Waals surface area contributed by atoms with Gasteiger partial charge in [0.1, 0.15) is 24.7 Å². The molecular weight excluding hydrogens is 320 g/mol. The summed E-state index contributed by atoms with van der Waals surface area (Å²) in [5.74, 6) is 2.29. The number of hydrogen-bond acceptors (Lipinski definition) is 2. The molecule has 2 heteroatoms. The van der Waals surface area contributed by atoms with Gasteiger partial charge in [0.25, 0.3) is 0 Å². The number of rotatable bonds is 10. The molecule has 0 unspecified atom stereocenters.